The normalized spacial score (nSPS) is 29.0. The number of carbonyl (C=O) groups excluding carboxylic acids is 4. The summed E-state index contributed by atoms with van der Waals surface area (Å²) in [4.78, 5) is 54.1. The number of nitrogens with one attached hydrogen (secondary N) is 2. The van der Waals surface area contributed by atoms with Crippen LogP contribution in [0.2, 0.25) is 0 Å². The number of rotatable bonds is 9. The summed E-state index contributed by atoms with van der Waals surface area (Å²) in [7, 11) is 2.80. The fraction of sp³-hybridized carbons (Fsp3) is 0.792. The molecule has 4 aliphatic rings. The standard InChI is InChI=1S/C24H32F3N5O5/c1-31(19(33)16(7-13-3-4-13)30-22(36)24(25,26)27)17(8-14-5-6-14)20(34)32-12-23(9-15(32)10-28)18(37-2)11-29-21(23)35/h13-18H,3-9,11-12H2,1-2H3,(H,29,35)(H,30,36)/t15-,16?,17-,18?,23-/m0/s1. The molecular formula is C24H32F3N5O5. The Morgan fingerprint density at radius 2 is 1.86 bits per heavy atom. The van der Waals surface area contributed by atoms with Gasteiger partial charge in [-0.1, -0.05) is 25.7 Å². The van der Waals surface area contributed by atoms with E-state index in [1.54, 1.807) is 0 Å². The van der Waals surface area contributed by atoms with E-state index in [1.165, 1.54) is 19.1 Å². The van der Waals surface area contributed by atoms with Gasteiger partial charge in [0.05, 0.1) is 17.6 Å². The maximum atomic E-state index is 13.8. The third-order valence-corrected chi connectivity index (χ3v) is 8.10. The monoisotopic (exact) mass is 527 g/mol. The zero-order valence-electron chi connectivity index (χ0n) is 20.8. The molecule has 4 rings (SSSR count). The van der Waals surface area contributed by atoms with Gasteiger partial charge in [-0.25, -0.2) is 0 Å². The zero-order valence-corrected chi connectivity index (χ0v) is 20.8. The van der Waals surface area contributed by atoms with Crippen LogP contribution >= 0.6 is 0 Å². The highest BCUT2D eigenvalue weighted by Crippen LogP contribution is 2.43. The lowest BCUT2D eigenvalue weighted by atomic mass is 9.81. The van der Waals surface area contributed by atoms with Crippen molar-refractivity contribution in [1.82, 2.24) is 20.4 Å². The number of halogens is 3. The van der Waals surface area contributed by atoms with Crippen molar-refractivity contribution in [2.24, 2.45) is 17.3 Å². The van der Waals surface area contributed by atoms with Crippen LogP contribution in [0.15, 0.2) is 0 Å². The fourth-order valence-corrected chi connectivity index (χ4v) is 5.52. The van der Waals surface area contributed by atoms with Crippen molar-refractivity contribution in [1.29, 1.82) is 5.26 Å². The lowest BCUT2D eigenvalue weighted by molar-refractivity contribution is -0.175. The summed E-state index contributed by atoms with van der Waals surface area (Å²) in [6.07, 6.45) is -2.05. The van der Waals surface area contributed by atoms with Crippen LogP contribution in [0.4, 0.5) is 13.2 Å². The average molecular weight is 528 g/mol. The first-order chi connectivity index (χ1) is 17.4. The number of nitriles is 1. The predicted octanol–water partition coefficient (Wildman–Crippen LogP) is 0.716. The van der Waals surface area contributed by atoms with E-state index in [9.17, 15) is 37.6 Å². The van der Waals surface area contributed by atoms with E-state index in [2.05, 4.69) is 11.4 Å². The number of carbonyl (C=O) groups is 4. The van der Waals surface area contributed by atoms with E-state index in [1.807, 2.05) is 5.32 Å². The van der Waals surface area contributed by atoms with Gasteiger partial charge in [0, 0.05) is 27.2 Å². The molecule has 2 saturated heterocycles. The van der Waals surface area contributed by atoms with Crippen LogP contribution in [0.25, 0.3) is 0 Å². The molecule has 2 unspecified atom stereocenters. The number of methoxy groups -OCH3 is 1. The first-order valence-electron chi connectivity index (χ1n) is 12.6. The minimum absolute atomic E-state index is 0.0294. The van der Waals surface area contributed by atoms with Crippen molar-refractivity contribution in [3.63, 3.8) is 0 Å². The molecule has 4 amide bonds. The van der Waals surface area contributed by atoms with Crippen molar-refractivity contribution < 1.29 is 37.1 Å². The van der Waals surface area contributed by atoms with Crippen LogP contribution in [-0.4, -0.2) is 91.1 Å². The van der Waals surface area contributed by atoms with Crippen LogP contribution in [-0.2, 0) is 23.9 Å². The van der Waals surface area contributed by atoms with Gasteiger partial charge in [0.25, 0.3) is 0 Å². The quantitative estimate of drug-likeness (QED) is 0.454. The Bertz CT molecular complexity index is 992. The molecule has 2 heterocycles. The third kappa shape index (κ3) is 5.54. The number of nitrogens with zero attached hydrogens (tertiary/aromatic N) is 3. The second-order valence-electron chi connectivity index (χ2n) is 10.8. The largest absolute Gasteiger partial charge is 0.471 e. The SMILES string of the molecule is COC1CNC(=O)[C@]12C[C@@H](C#N)N(C(=O)[C@H](CC1CC1)N(C)C(=O)C(CC1CC1)NC(=O)C(F)(F)F)C2. The minimum atomic E-state index is -5.15. The second kappa shape index (κ2) is 10.1. The molecule has 0 bridgehead atoms. The molecular weight excluding hydrogens is 495 g/mol. The van der Waals surface area contributed by atoms with Gasteiger partial charge >= 0.3 is 12.1 Å². The summed E-state index contributed by atoms with van der Waals surface area (Å²) in [5, 5.41) is 14.4. The number of ether oxygens (including phenoxy) is 1. The van der Waals surface area contributed by atoms with Crippen LogP contribution in [0, 0.1) is 28.6 Å². The minimum Gasteiger partial charge on any atom is -0.378 e. The maximum Gasteiger partial charge on any atom is 0.471 e. The van der Waals surface area contributed by atoms with Gasteiger partial charge in [0.15, 0.2) is 0 Å². The second-order valence-corrected chi connectivity index (χ2v) is 10.8. The highest BCUT2D eigenvalue weighted by molar-refractivity contribution is 5.94. The lowest BCUT2D eigenvalue weighted by Crippen LogP contribution is -2.57. The van der Waals surface area contributed by atoms with Gasteiger partial charge in [0.1, 0.15) is 18.1 Å². The van der Waals surface area contributed by atoms with Gasteiger partial charge in [-0.05, 0) is 31.1 Å². The Labute approximate surface area is 212 Å². The Morgan fingerprint density at radius 3 is 2.41 bits per heavy atom. The first-order valence-corrected chi connectivity index (χ1v) is 12.6. The predicted molar refractivity (Wildman–Crippen MR) is 121 cm³/mol. The summed E-state index contributed by atoms with van der Waals surface area (Å²) in [5.41, 5.74) is -1.09. The number of likely N-dealkylation sites (N-methyl/N-ethyl adjacent to an activating group) is 1. The van der Waals surface area contributed by atoms with E-state index in [0.717, 1.165) is 30.6 Å². The van der Waals surface area contributed by atoms with Crippen molar-refractivity contribution >= 4 is 23.6 Å². The lowest BCUT2D eigenvalue weighted by Gasteiger charge is -2.35. The van der Waals surface area contributed by atoms with E-state index < -0.39 is 53.5 Å². The van der Waals surface area contributed by atoms with Crippen molar-refractivity contribution in [2.75, 3.05) is 27.2 Å². The molecule has 2 aliphatic carbocycles. The van der Waals surface area contributed by atoms with E-state index in [-0.39, 0.29) is 50.1 Å². The number of hydrogen-bond acceptors (Lipinski definition) is 6. The molecule has 0 aromatic rings. The zero-order chi connectivity index (χ0) is 27.1. The summed E-state index contributed by atoms with van der Waals surface area (Å²) < 4.78 is 44.3. The molecule has 2 aliphatic heterocycles. The first kappa shape index (κ1) is 27.2. The summed E-state index contributed by atoms with van der Waals surface area (Å²) in [6.45, 7) is 0.190. The average Bonchev–Trinajstić information content (AvgIpc) is 3.78. The van der Waals surface area contributed by atoms with Crippen molar-refractivity contribution in [3.8, 4) is 6.07 Å². The van der Waals surface area contributed by atoms with E-state index in [0.29, 0.717) is 0 Å². The van der Waals surface area contributed by atoms with Crippen molar-refractivity contribution in [3.05, 3.63) is 0 Å². The van der Waals surface area contributed by atoms with E-state index in [4.69, 9.17) is 4.74 Å². The van der Waals surface area contributed by atoms with Crippen LogP contribution in [0.1, 0.15) is 44.9 Å². The third-order valence-electron chi connectivity index (χ3n) is 8.10. The van der Waals surface area contributed by atoms with Crippen LogP contribution in [0.5, 0.6) is 0 Å². The Hall–Kier alpha value is -2.88. The number of hydrogen-bond donors (Lipinski definition) is 2. The molecule has 0 radical (unpaired) electrons. The Balaban J connectivity index is 1.56. The molecule has 2 saturated carbocycles. The molecule has 0 aromatic heterocycles. The maximum absolute atomic E-state index is 13.8. The molecule has 0 aromatic carbocycles. The molecule has 37 heavy (non-hydrogen) atoms. The van der Waals surface area contributed by atoms with Gasteiger partial charge in [-0.2, -0.15) is 18.4 Å². The van der Waals surface area contributed by atoms with E-state index >= 15 is 0 Å². The number of amides is 4. The van der Waals surface area contributed by atoms with Gasteiger partial charge < -0.3 is 25.2 Å². The van der Waals surface area contributed by atoms with Crippen LogP contribution in [0.3, 0.4) is 0 Å². The molecule has 204 valence electrons. The van der Waals surface area contributed by atoms with Gasteiger partial charge in [-0.15, -0.1) is 0 Å². The summed E-state index contributed by atoms with van der Waals surface area (Å²) in [6, 6.07) is -1.30. The molecule has 10 nitrogen and oxygen atoms in total. The topological polar surface area (TPSA) is 132 Å². The molecule has 1 spiro atoms. The highest BCUT2D eigenvalue weighted by atomic mass is 19.4. The molecule has 13 heteroatoms. The Kier molecular flexibility index (Phi) is 7.43. The van der Waals surface area contributed by atoms with Gasteiger partial charge in [0.2, 0.25) is 17.7 Å². The fourth-order valence-electron chi connectivity index (χ4n) is 5.52. The highest BCUT2D eigenvalue weighted by Gasteiger charge is 2.59. The summed E-state index contributed by atoms with van der Waals surface area (Å²) in [5.74, 6) is -3.63. The number of likely N-dealkylation sites (tertiary alicyclic amines) is 1. The van der Waals surface area contributed by atoms with Crippen molar-refractivity contribution in [2.45, 2.75) is 75.4 Å². The Morgan fingerprint density at radius 1 is 1.24 bits per heavy atom. The molecule has 4 fully saturated rings. The van der Waals surface area contributed by atoms with Gasteiger partial charge in [-0.3, -0.25) is 19.2 Å². The number of alkyl halides is 3. The molecule has 2 N–H and O–H groups in total. The summed E-state index contributed by atoms with van der Waals surface area (Å²) >= 11 is 0. The van der Waals surface area contributed by atoms with Crippen LogP contribution < -0.4 is 10.6 Å². The smallest absolute Gasteiger partial charge is 0.378 e. The molecule has 5 atom stereocenters.